The Kier molecular flexibility index (Phi) is 5.03. The molecule has 2 heterocycles. The lowest BCUT2D eigenvalue weighted by molar-refractivity contribution is -0.263. The van der Waals surface area contributed by atoms with E-state index in [-0.39, 0.29) is 11.8 Å². The molecule has 2 aliphatic rings. The summed E-state index contributed by atoms with van der Waals surface area (Å²) < 4.78 is 17.4. The Morgan fingerprint density at radius 2 is 1.69 bits per heavy atom. The maximum absolute atomic E-state index is 10.4. The minimum atomic E-state index is -1.88. The van der Waals surface area contributed by atoms with Crippen molar-refractivity contribution in [3.8, 4) is 24.0 Å². The minimum absolute atomic E-state index is 0.132. The lowest BCUT2D eigenvalue weighted by atomic mass is 9.51. The number of hydrogen-bond donors (Lipinski definition) is 1. The van der Waals surface area contributed by atoms with Crippen LogP contribution in [-0.2, 0) is 9.47 Å². The van der Waals surface area contributed by atoms with Gasteiger partial charge >= 0.3 is 0 Å². The summed E-state index contributed by atoms with van der Waals surface area (Å²) in [5, 5.41) is 39.4. The third kappa shape index (κ3) is 2.46. The van der Waals surface area contributed by atoms with E-state index in [1.54, 1.807) is 38.3 Å². The summed E-state index contributed by atoms with van der Waals surface area (Å²) in [6, 6.07) is 13.4. The smallest absolute Gasteiger partial charge is 0.218 e. The Bertz CT molecular complexity index is 921. The predicted octanol–water partition coefficient (Wildman–Crippen LogP) is 3.88. The summed E-state index contributed by atoms with van der Waals surface area (Å²) >= 11 is 0. The van der Waals surface area contributed by atoms with Gasteiger partial charge in [-0.25, -0.2) is 0 Å². The van der Waals surface area contributed by atoms with Crippen molar-refractivity contribution in [3.63, 3.8) is 0 Å². The zero-order valence-electron chi connectivity index (χ0n) is 17.0. The molecule has 150 valence electrons. The van der Waals surface area contributed by atoms with Crippen LogP contribution in [0.25, 0.3) is 0 Å². The third-order valence-corrected chi connectivity index (χ3v) is 6.49. The molecule has 2 bridgehead atoms. The summed E-state index contributed by atoms with van der Waals surface area (Å²) in [4.78, 5) is 0. The van der Waals surface area contributed by atoms with Gasteiger partial charge < -0.3 is 14.2 Å². The lowest BCUT2D eigenvalue weighted by Crippen LogP contribution is -2.62. The van der Waals surface area contributed by atoms with Gasteiger partial charge in [-0.3, -0.25) is 5.41 Å². The SMILES string of the molecule is CCC(CC)C1OC2(C)OC(=N)C(C#N)(C2c2ccc(OC)cc2)C1(C#N)C#N. The largest absolute Gasteiger partial charge is 0.497 e. The quantitative estimate of drug-likeness (QED) is 0.811. The van der Waals surface area contributed by atoms with E-state index in [4.69, 9.17) is 19.6 Å². The second-order valence-corrected chi connectivity index (χ2v) is 7.72. The van der Waals surface area contributed by atoms with Gasteiger partial charge in [0.2, 0.25) is 11.7 Å². The average molecular weight is 392 g/mol. The number of rotatable bonds is 5. The van der Waals surface area contributed by atoms with Gasteiger partial charge in [-0.2, -0.15) is 15.8 Å². The first-order valence-electron chi connectivity index (χ1n) is 9.67. The number of nitrogens with one attached hydrogen (secondary N) is 1. The van der Waals surface area contributed by atoms with Crippen molar-refractivity contribution in [1.82, 2.24) is 0 Å². The molecular weight excluding hydrogens is 368 g/mol. The van der Waals surface area contributed by atoms with Crippen molar-refractivity contribution in [1.29, 1.82) is 21.2 Å². The molecule has 2 saturated heterocycles. The molecule has 0 radical (unpaired) electrons. The maximum Gasteiger partial charge on any atom is 0.218 e. The molecule has 0 spiro atoms. The standard InChI is InChI=1S/C22H24N4O3/c1-5-14(6-2)18-21(11-23,12-24)22(13-25)17(20(3,28-18)29-19(22)26)15-7-9-16(27-4)10-8-15/h7-10,14,17-18,26H,5-6H2,1-4H3. The number of ether oxygens (including phenoxy) is 3. The van der Waals surface area contributed by atoms with Crippen molar-refractivity contribution in [2.24, 2.45) is 16.7 Å². The average Bonchev–Trinajstić information content (AvgIpc) is 2.92. The molecule has 0 amide bonds. The van der Waals surface area contributed by atoms with Crippen molar-refractivity contribution >= 4 is 5.90 Å². The molecule has 4 atom stereocenters. The van der Waals surface area contributed by atoms with Crippen molar-refractivity contribution in [3.05, 3.63) is 29.8 Å². The Balaban J connectivity index is 2.31. The first kappa shape index (κ1) is 20.6. The summed E-state index contributed by atoms with van der Waals surface area (Å²) in [6.07, 6.45) is 0.490. The molecule has 1 N–H and O–H groups in total. The van der Waals surface area contributed by atoms with Gasteiger partial charge in [0.05, 0.1) is 37.3 Å². The number of nitrogens with zero attached hydrogens (tertiary/aromatic N) is 3. The molecule has 7 nitrogen and oxygen atoms in total. The lowest BCUT2D eigenvalue weighted by Gasteiger charge is -2.50. The van der Waals surface area contributed by atoms with Crippen LogP contribution in [0, 0.1) is 56.2 Å². The molecular formula is C22H24N4O3. The Morgan fingerprint density at radius 1 is 1.10 bits per heavy atom. The normalized spacial score (nSPS) is 32.0. The van der Waals surface area contributed by atoms with Gasteiger partial charge in [0.15, 0.2) is 10.8 Å². The highest BCUT2D eigenvalue weighted by atomic mass is 16.7. The maximum atomic E-state index is 10.4. The number of fused-ring (bicyclic) bond motifs is 2. The predicted molar refractivity (Wildman–Crippen MR) is 104 cm³/mol. The van der Waals surface area contributed by atoms with Crippen LogP contribution in [-0.4, -0.2) is 24.9 Å². The number of hydrogen-bond acceptors (Lipinski definition) is 7. The molecule has 3 rings (SSSR count). The van der Waals surface area contributed by atoms with Crippen LogP contribution in [0.1, 0.15) is 45.1 Å². The first-order valence-corrected chi connectivity index (χ1v) is 9.67. The van der Waals surface area contributed by atoms with Gasteiger partial charge in [0.1, 0.15) is 5.75 Å². The summed E-state index contributed by atoms with van der Waals surface area (Å²) in [5.41, 5.74) is -3.02. The fourth-order valence-corrected chi connectivity index (χ4v) is 4.98. The highest BCUT2D eigenvalue weighted by Gasteiger charge is 2.80. The van der Waals surface area contributed by atoms with E-state index in [2.05, 4.69) is 18.2 Å². The molecule has 0 aliphatic carbocycles. The van der Waals surface area contributed by atoms with Crippen molar-refractivity contribution < 1.29 is 14.2 Å². The molecule has 1 aromatic carbocycles. The highest BCUT2D eigenvalue weighted by molar-refractivity contribution is 5.90. The van der Waals surface area contributed by atoms with E-state index in [1.807, 2.05) is 13.8 Å². The zero-order chi connectivity index (χ0) is 21.4. The fraction of sp³-hybridized carbons (Fsp3) is 0.545. The molecule has 4 unspecified atom stereocenters. The molecule has 1 aromatic rings. The molecule has 0 saturated carbocycles. The third-order valence-electron chi connectivity index (χ3n) is 6.49. The van der Waals surface area contributed by atoms with Crippen LogP contribution in [0.2, 0.25) is 0 Å². The van der Waals surface area contributed by atoms with Crippen LogP contribution in [0.5, 0.6) is 5.75 Å². The number of methoxy groups -OCH3 is 1. The van der Waals surface area contributed by atoms with Crippen molar-refractivity contribution in [2.45, 2.75) is 51.4 Å². The van der Waals surface area contributed by atoms with E-state index in [0.29, 0.717) is 24.2 Å². The second kappa shape index (κ2) is 7.07. The summed E-state index contributed by atoms with van der Waals surface area (Å²) in [7, 11) is 1.55. The molecule has 29 heavy (non-hydrogen) atoms. The van der Waals surface area contributed by atoms with Crippen LogP contribution in [0.3, 0.4) is 0 Å². The summed E-state index contributed by atoms with van der Waals surface area (Å²) in [5.74, 6) is -2.05. The van der Waals surface area contributed by atoms with Gasteiger partial charge in [0.25, 0.3) is 0 Å². The van der Waals surface area contributed by atoms with E-state index in [0.717, 1.165) is 0 Å². The van der Waals surface area contributed by atoms with Crippen LogP contribution >= 0.6 is 0 Å². The zero-order valence-corrected chi connectivity index (χ0v) is 17.0. The Hall–Kier alpha value is -3.08. The Labute approximate surface area is 170 Å². The van der Waals surface area contributed by atoms with Gasteiger partial charge in [0, 0.05) is 6.92 Å². The van der Waals surface area contributed by atoms with E-state index >= 15 is 0 Å². The topological polar surface area (TPSA) is 123 Å². The fourth-order valence-electron chi connectivity index (χ4n) is 4.98. The first-order chi connectivity index (χ1) is 13.8. The van der Waals surface area contributed by atoms with Crippen LogP contribution in [0.4, 0.5) is 0 Å². The minimum Gasteiger partial charge on any atom is -0.497 e. The van der Waals surface area contributed by atoms with Crippen molar-refractivity contribution in [2.75, 3.05) is 7.11 Å². The number of nitriles is 3. The van der Waals surface area contributed by atoms with E-state index in [1.165, 1.54) is 0 Å². The summed E-state index contributed by atoms with van der Waals surface area (Å²) in [6.45, 7) is 5.60. The van der Waals surface area contributed by atoms with Gasteiger partial charge in [-0.15, -0.1) is 0 Å². The van der Waals surface area contributed by atoms with Crippen LogP contribution in [0.15, 0.2) is 24.3 Å². The molecule has 2 fully saturated rings. The van der Waals surface area contributed by atoms with Gasteiger partial charge in [-0.05, 0) is 23.6 Å². The van der Waals surface area contributed by atoms with E-state index < -0.39 is 28.6 Å². The number of benzene rings is 1. The molecule has 0 aromatic heterocycles. The second-order valence-electron chi connectivity index (χ2n) is 7.72. The Morgan fingerprint density at radius 3 is 2.14 bits per heavy atom. The van der Waals surface area contributed by atoms with Crippen LogP contribution < -0.4 is 4.74 Å². The van der Waals surface area contributed by atoms with E-state index in [9.17, 15) is 15.8 Å². The molecule has 2 aliphatic heterocycles. The molecule has 7 heteroatoms. The highest BCUT2D eigenvalue weighted by Crippen LogP contribution is 2.67. The van der Waals surface area contributed by atoms with Gasteiger partial charge in [-0.1, -0.05) is 38.8 Å². The monoisotopic (exact) mass is 392 g/mol.